The third-order valence-corrected chi connectivity index (χ3v) is 3.15. The van der Waals surface area contributed by atoms with Crippen molar-refractivity contribution in [1.29, 1.82) is 0 Å². The Morgan fingerprint density at radius 3 is 3.06 bits per heavy atom. The lowest BCUT2D eigenvalue weighted by Crippen LogP contribution is -2.55. The van der Waals surface area contributed by atoms with Gasteiger partial charge in [0.15, 0.2) is 0 Å². The SMILES string of the molecule is CC1CCCC(NCCN=[N+]=[N-])(C(=O)O)C1. The van der Waals surface area contributed by atoms with E-state index in [1.54, 1.807) is 0 Å². The van der Waals surface area contributed by atoms with Gasteiger partial charge in [-0.1, -0.05) is 24.9 Å². The summed E-state index contributed by atoms with van der Waals surface area (Å²) in [4.78, 5) is 14.0. The fourth-order valence-electron chi connectivity index (χ4n) is 2.37. The Labute approximate surface area is 94.7 Å². The number of carboxylic acids is 1. The lowest BCUT2D eigenvalue weighted by Gasteiger charge is -2.37. The van der Waals surface area contributed by atoms with E-state index < -0.39 is 11.5 Å². The Hall–Kier alpha value is -1.26. The molecule has 0 saturated heterocycles. The predicted octanol–water partition coefficient (Wildman–Crippen LogP) is 1.92. The summed E-state index contributed by atoms with van der Waals surface area (Å²) in [6, 6.07) is 0. The standard InChI is InChI=1S/C10H18N4O2/c1-8-3-2-4-10(7-8,9(15)16)12-5-6-13-14-11/h8,12H,2-7H2,1H3,(H,15,16). The van der Waals surface area contributed by atoms with Gasteiger partial charge in [-0.2, -0.15) is 0 Å². The maximum absolute atomic E-state index is 11.3. The molecular weight excluding hydrogens is 208 g/mol. The third kappa shape index (κ3) is 3.12. The second kappa shape index (κ2) is 5.72. The molecule has 0 spiro atoms. The lowest BCUT2D eigenvalue weighted by molar-refractivity contribution is -0.147. The van der Waals surface area contributed by atoms with Crippen molar-refractivity contribution in [3.8, 4) is 0 Å². The molecule has 0 aromatic rings. The Morgan fingerprint density at radius 1 is 1.75 bits per heavy atom. The molecule has 1 aliphatic carbocycles. The maximum Gasteiger partial charge on any atom is 0.323 e. The molecule has 2 N–H and O–H groups in total. The molecule has 6 heteroatoms. The van der Waals surface area contributed by atoms with Gasteiger partial charge in [0.05, 0.1) is 0 Å². The smallest absolute Gasteiger partial charge is 0.323 e. The number of nitrogens with one attached hydrogen (secondary N) is 1. The largest absolute Gasteiger partial charge is 0.480 e. The lowest BCUT2D eigenvalue weighted by atomic mass is 9.76. The number of rotatable bonds is 5. The fraction of sp³-hybridized carbons (Fsp3) is 0.900. The fourth-order valence-corrected chi connectivity index (χ4v) is 2.37. The number of carbonyl (C=O) groups is 1. The minimum absolute atomic E-state index is 0.292. The monoisotopic (exact) mass is 226 g/mol. The molecule has 0 bridgehead atoms. The van der Waals surface area contributed by atoms with Crippen LogP contribution in [-0.2, 0) is 4.79 Å². The first-order valence-corrected chi connectivity index (χ1v) is 5.60. The highest BCUT2D eigenvalue weighted by atomic mass is 16.4. The van der Waals surface area contributed by atoms with Gasteiger partial charge in [-0.25, -0.2) is 0 Å². The second-order valence-electron chi connectivity index (χ2n) is 4.47. The van der Waals surface area contributed by atoms with Crippen LogP contribution in [-0.4, -0.2) is 29.7 Å². The molecule has 2 unspecified atom stereocenters. The summed E-state index contributed by atoms with van der Waals surface area (Å²) in [5.41, 5.74) is 7.32. The van der Waals surface area contributed by atoms with E-state index in [1.807, 2.05) is 0 Å². The summed E-state index contributed by atoms with van der Waals surface area (Å²) in [6.45, 7) is 2.79. The maximum atomic E-state index is 11.3. The number of hydrogen-bond acceptors (Lipinski definition) is 3. The van der Waals surface area contributed by atoms with Gasteiger partial charge in [0, 0.05) is 18.0 Å². The average molecular weight is 226 g/mol. The zero-order chi connectivity index (χ0) is 12.0. The van der Waals surface area contributed by atoms with Gasteiger partial charge in [0.25, 0.3) is 0 Å². The van der Waals surface area contributed by atoms with Crippen LogP contribution in [0.1, 0.15) is 32.6 Å². The molecular formula is C10H18N4O2. The average Bonchev–Trinajstić information content (AvgIpc) is 2.24. The van der Waals surface area contributed by atoms with E-state index in [-0.39, 0.29) is 0 Å². The van der Waals surface area contributed by atoms with Crippen LogP contribution in [0.25, 0.3) is 10.4 Å². The second-order valence-corrected chi connectivity index (χ2v) is 4.47. The molecule has 0 aromatic carbocycles. The van der Waals surface area contributed by atoms with Gasteiger partial charge in [0.1, 0.15) is 5.54 Å². The molecule has 0 heterocycles. The molecule has 0 amide bonds. The van der Waals surface area contributed by atoms with Crippen molar-refractivity contribution in [2.45, 2.75) is 38.1 Å². The van der Waals surface area contributed by atoms with Crippen molar-refractivity contribution < 1.29 is 9.90 Å². The molecule has 16 heavy (non-hydrogen) atoms. The molecule has 2 atom stereocenters. The van der Waals surface area contributed by atoms with E-state index in [9.17, 15) is 9.90 Å². The van der Waals surface area contributed by atoms with Crippen LogP contribution >= 0.6 is 0 Å². The van der Waals surface area contributed by atoms with E-state index in [0.29, 0.717) is 31.8 Å². The van der Waals surface area contributed by atoms with Gasteiger partial charge in [-0.15, -0.1) is 0 Å². The summed E-state index contributed by atoms with van der Waals surface area (Å²) in [5.74, 6) is -0.364. The Balaban J connectivity index is 2.57. The van der Waals surface area contributed by atoms with E-state index in [0.717, 1.165) is 12.8 Å². The zero-order valence-electron chi connectivity index (χ0n) is 9.52. The van der Waals surface area contributed by atoms with E-state index >= 15 is 0 Å². The molecule has 0 aromatic heterocycles. The quantitative estimate of drug-likeness (QED) is 0.324. The summed E-state index contributed by atoms with van der Waals surface area (Å²) in [5, 5.41) is 15.7. The number of carboxylic acid groups (broad SMARTS) is 1. The molecule has 0 aliphatic heterocycles. The number of hydrogen-bond donors (Lipinski definition) is 2. The minimum atomic E-state index is -0.817. The van der Waals surface area contributed by atoms with Gasteiger partial charge < -0.3 is 10.4 Å². The highest BCUT2D eigenvalue weighted by Gasteiger charge is 2.41. The van der Waals surface area contributed by atoms with Crippen LogP contribution in [0, 0.1) is 5.92 Å². The molecule has 1 saturated carbocycles. The van der Waals surface area contributed by atoms with Crippen molar-refractivity contribution in [2.24, 2.45) is 11.0 Å². The molecule has 1 aliphatic rings. The van der Waals surface area contributed by atoms with Gasteiger partial charge in [0.2, 0.25) is 0 Å². The molecule has 1 fully saturated rings. The first-order chi connectivity index (χ1) is 7.60. The van der Waals surface area contributed by atoms with E-state index in [4.69, 9.17) is 5.53 Å². The van der Waals surface area contributed by atoms with E-state index in [1.165, 1.54) is 0 Å². The number of azide groups is 1. The van der Waals surface area contributed by atoms with Crippen LogP contribution < -0.4 is 5.32 Å². The molecule has 1 rings (SSSR count). The van der Waals surface area contributed by atoms with E-state index in [2.05, 4.69) is 22.3 Å². The van der Waals surface area contributed by atoms with Crippen LogP contribution in [0.5, 0.6) is 0 Å². The summed E-state index contributed by atoms with van der Waals surface area (Å²) in [7, 11) is 0. The normalized spacial score (nSPS) is 29.4. The Morgan fingerprint density at radius 2 is 2.50 bits per heavy atom. The highest BCUT2D eigenvalue weighted by molar-refractivity contribution is 5.79. The number of aliphatic carboxylic acids is 1. The predicted molar refractivity (Wildman–Crippen MR) is 60.0 cm³/mol. The van der Waals surface area contributed by atoms with Gasteiger partial charge in [-0.05, 0) is 24.3 Å². The minimum Gasteiger partial charge on any atom is -0.480 e. The van der Waals surface area contributed by atoms with Crippen LogP contribution in [0.2, 0.25) is 0 Å². The van der Waals surface area contributed by atoms with Crippen molar-refractivity contribution in [1.82, 2.24) is 5.32 Å². The topological polar surface area (TPSA) is 98.1 Å². The third-order valence-electron chi connectivity index (χ3n) is 3.15. The summed E-state index contributed by atoms with van der Waals surface area (Å²) in [6.07, 6.45) is 3.33. The van der Waals surface area contributed by atoms with Crippen molar-refractivity contribution >= 4 is 5.97 Å². The highest BCUT2D eigenvalue weighted by Crippen LogP contribution is 2.32. The van der Waals surface area contributed by atoms with Crippen LogP contribution in [0.4, 0.5) is 0 Å². The number of nitrogens with zero attached hydrogens (tertiary/aromatic N) is 3. The summed E-state index contributed by atoms with van der Waals surface area (Å²) < 4.78 is 0. The van der Waals surface area contributed by atoms with Crippen molar-refractivity contribution in [2.75, 3.05) is 13.1 Å². The van der Waals surface area contributed by atoms with Crippen molar-refractivity contribution in [3.63, 3.8) is 0 Å². The molecule has 6 nitrogen and oxygen atoms in total. The zero-order valence-corrected chi connectivity index (χ0v) is 9.52. The summed E-state index contributed by atoms with van der Waals surface area (Å²) >= 11 is 0. The first kappa shape index (κ1) is 12.8. The molecule has 90 valence electrons. The van der Waals surface area contributed by atoms with Crippen molar-refractivity contribution in [3.05, 3.63) is 10.4 Å². The van der Waals surface area contributed by atoms with Gasteiger partial charge in [-0.3, -0.25) is 4.79 Å². The van der Waals surface area contributed by atoms with Crippen LogP contribution in [0.15, 0.2) is 5.11 Å². The van der Waals surface area contributed by atoms with Crippen LogP contribution in [0.3, 0.4) is 0 Å². The molecule has 0 radical (unpaired) electrons. The first-order valence-electron chi connectivity index (χ1n) is 5.60. The van der Waals surface area contributed by atoms with Gasteiger partial charge >= 0.3 is 5.97 Å². The Kier molecular flexibility index (Phi) is 4.58. The Bertz CT molecular complexity index is 301.